The molecule has 106 valence electrons. The van der Waals surface area contributed by atoms with Gasteiger partial charge < -0.3 is 9.80 Å². The van der Waals surface area contributed by atoms with E-state index in [4.69, 9.17) is 5.26 Å². The molecule has 1 amide bonds. The summed E-state index contributed by atoms with van der Waals surface area (Å²) >= 11 is 0. The number of nitrogens with zero attached hydrogens (tertiary/aromatic N) is 4. The maximum absolute atomic E-state index is 12.3. The normalized spacial score (nSPS) is 15.8. The second-order valence-corrected chi connectivity index (χ2v) is 5.23. The van der Waals surface area contributed by atoms with E-state index in [-0.39, 0.29) is 11.9 Å². The number of aromatic nitrogens is 1. The van der Waals surface area contributed by atoms with Crippen LogP contribution < -0.4 is 4.90 Å². The van der Waals surface area contributed by atoms with E-state index in [0.29, 0.717) is 12.0 Å². The highest BCUT2D eigenvalue weighted by Gasteiger charge is 2.19. The number of carbonyl (C=O) groups is 1. The predicted molar refractivity (Wildman–Crippen MR) is 77.5 cm³/mol. The lowest BCUT2D eigenvalue weighted by Crippen LogP contribution is -2.34. The lowest BCUT2D eigenvalue weighted by Gasteiger charge is -2.23. The molecule has 2 rings (SSSR count). The fraction of sp³-hybridized carbons (Fsp3) is 0.533. The molecule has 1 aliphatic rings. The summed E-state index contributed by atoms with van der Waals surface area (Å²) in [6.45, 7) is 3.95. The zero-order valence-corrected chi connectivity index (χ0v) is 12.0. The summed E-state index contributed by atoms with van der Waals surface area (Å²) in [5.41, 5.74) is 0.570. The molecule has 1 saturated heterocycles. The summed E-state index contributed by atoms with van der Waals surface area (Å²) in [7, 11) is 1.72. The minimum absolute atomic E-state index is 0.0896. The Hall–Kier alpha value is -2.09. The van der Waals surface area contributed by atoms with Gasteiger partial charge in [0.05, 0.1) is 18.1 Å². The number of amides is 1. The summed E-state index contributed by atoms with van der Waals surface area (Å²) in [5, 5.41) is 8.69. The van der Waals surface area contributed by atoms with E-state index in [1.807, 2.05) is 19.1 Å². The van der Waals surface area contributed by atoms with Gasteiger partial charge in [-0.1, -0.05) is 0 Å². The van der Waals surface area contributed by atoms with Crippen molar-refractivity contribution in [3.05, 3.63) is 23.9 Å². The van der Waals surface area contributed by atoms with Gasteiger partial charge in [0.25, 0.3) is 5.91 Å². The molecular formula is C15H20N4O. The Labute approximate surface area is 119 Å². The van der Waals surface area contributed by atoms with Crippen LogP contribution in [0, 0.1) is 11.3 Å². The van der Waals surface area contributed by atoms with Crippen LogP contribution in [0.25, 0.3) is 0 Å². The molecule has 0 aromatic carbocycles. The maximum atomic E-state index is 12.3. The standard InChI is InChI=1S/C15H20N4O/c1-12(7-8-16)18(2)15(20)13-5-6-14(17-11-13)19-9-3-4-10-19/h5-6,11-12H,3-4,7,9-10H2,1-2H3. The van der Waals surface area contributed by atoms with Crippen molar-refractivity contribution < 1.29 is 4.79 Å². The average Bonchev–Trinajstić information content (AvgIpc) is 3.00. The summed E-state index contributed by atoms with van der Waals surface area (Å²) in [6.07, 6.45) is 4.38. The Bertz CT molecular complexity index is 500. The molecule has 0 spiro atoms. The number of hydrogen-bond donors (Lipinski definition) is 0. The topological polar surface area (TPSA) is 60.2 Å². The summed E-state index contributed by atoms with van der Waals surface area (Å²) in [5.74, 6) is 0.847. The number of hydrogen-bond acceptors (Lipinski definition) is 4. The molecule has 1 aromatic rings. The van der Waals surface area contributed by atoms with Crippen molar-refractivity contribution in [1.29, 1.82) is 5.26 Å². The van der Waals surface area contributed by atoms with Gasteiger partial charge >= 0.3 is 0 Å². The van der Waals surface area contributed by atoms with Gasteiger partial charge in [-0.2, -0.15) is 5.26 Å². The number of anilines is 1. The number of nitriles is 1. The smallest absolute Gasteiger partial charge is 0.255 e. The summed E-state index contributed by atoms with van der Waals surface area (Å²) in [4.78, 5) is 20.5. The third-order valence-electron chi connectivity index (χ3n) is 3.79. The monoisotopic (exact) mass is 272 g/mol. The maximum Gasteiger partial charge on any atom is 0.255 e. The molecule has 5 heteroatoms. The van der Waals surface area contributed by atoms with Crippen LogP contribution in [0.4, 0.5) is 5.82 Å². The number of pyridine rings is 1. The third-order valence-corrected chi connectivity index (χ3v) is 3.79. The minimum Gasteiger partial charge on any atom is -0.357 e. The van der Waals surface area contributed by atoms with Crippen LogP contribution in [0.5, 0.6) is 0 Å². The third kappa shape index (κ3) is 3.08. The molecule has 2 heterocycles. The molecule has 20 heavy (non-hydrogen) atoms. The molecule has 0 bridgehead atoms. The van der Waals surface area contributed by atoms with Gasteiger partial charge in [0.1, 0.15) is 5.82 Å². The van der Waals surface area contributed by atoms with Crippen molar-refractivity contribution in [2.75, 3.05) is 25.0 Å². The van der Waals surface area contributed by atoms with Crippen molar-refractivity contribution >= 4 is 11.7 Å². The Morgan fingerprint density at radius 1 is 1.50 bits per heavy atom. The van der Waals surface area contributed by atoms with Gasteiger partial charge in [-0.05, 0) is 31.9 Å². The van der Waals surface area contributed by atoms with E-state index >= 15 is 0 Å². The van der Waals surface area contributed by atoms with E-state index in [1.165, 1.54) is 12.8 Å². The molecule has 5 nitrogen and oxygen atoms in total. The van der Waals surface area contributed by atoms with Crippen molar-refractivity contribution in [1.82, 2.24) is 9.88 Å². The lowest BCUT2D eigenvalue weighted by molar-refractivity contribution is 0.0746. The SMILES string of the molecule is CC(CC#N)N(C)C(=O)c1ccc(N2CCCC2)nc1. The molecule has 1 unspecified atom stereocenters. The summed E-state index contributed by atoms with van der Waals surface area (Å²) < 4.78 is 0. The van der Waals surface area contributed by atoms with Gasteiger partial charge in [0.2, 0.25) is 0 Å². The second-order valence-electron chi connectivity index (χ2n) is 5.23. The van der Waals surface area contributed by atoms with Crippen molar-refractivity contribution in [3.63, 3.8) is 0 Å². The van der Waals surface area contributed by atoms with Crippen LogP contribution in [0.15, 0.2) is 18.3 Å². The molecule has 0 radical (unpaired) electrons. The van der Waals surface area contributed by atoms with Crippen LogP contribution in [0.1, 0.15) is 36.5 Å². The highest BCUT2D eigenvalue weighted by molar-refractivity contribution is 5.94. The van der Waals surface area contributed by atoms with Crippen LogP contribution in [0.3, 0.4) is 0 Å². The number of carbonyl (C=O) groups excluding carboxylic acids is 1. The Balaban J connectivity index is 2.05. The first-order chi connectivity index (χ1) is 9.63. The zero-order valence-electron chi connectivity index (χ0n) is 12.0. The second kappa shape index (κ2) is 6.38. The lowest BCUT2D eigenvalue weighted by atomic mass is 10.2. The Kier molecular flexibility index (Phi) is 4.57. The van der Waals surface area contributed by atoms with Gasteiger partial charge in [-0.3, -0.25) is 4.79 Å². The van der Waals surface area contributed by atoms with Gasteiger partial charge in [0, 0.05) is 32.4 Å². The van der Waals surface area contributed by atoms with Gasteiger partial charge in [-0.25, -0.2) is 4.98 Å². The molecule has 0 aliphatic carbocycles. The molecule has 1 atom stereocenters. The van der Waals surface area contributed by atoms with E-state index < -0.39 is 0 Å². The molecular weight excluding hydrogens is 252 g/mol. The number of rotatable bonds is 4. The van der Waals surface area contributed by atoms with E-state index in [2.05, 4.69) is 16.0 Å². The summed E-state index contributed by atoms with van der Waals surface area (Å²) in [6, 6.07) is 5.71. The first-order valence-corrected chi connectivity index (χ1v) is 6.98. The highest BCUT2D eigenvalue weighted by atomic mass is 16.2. The molecule has 1 fully saturated rings. The Morgan fingerprint density at radius 2 is 2.20 bits per heavy atom. The van der Waals surface area contributed by atoms with E-state index in [0.717, 1.165) is 18.9 Å². The van der Waals surface area contributed by atoms with Gasteiger partial charge in [0.15, 0.2) is 0 Å². The largest absolute Gasteiger partial charge is 0.357 e. The molecule has 1 aromatic heterocycles. The fourth-order valence-electron chi connectivity index (χ4n) is 2.32. The van der Waals surface area contributed by atoms with Crippen molar-refractivity contribution in [2.24, 2.45) is 0 Å². The predicted octanol–water partition coefficient (Wildman–Crippen LogP) is 2.06. The van der Waals surface area contributed by atoms with Crippen molar-refractivity contribution in [3.8, 4) is 6.07 Å². The van der Waals surface area contributed by atoms with Crippen LogP contribution in [-0.4, -0.2) is 42.0 Å². The molecule has 0 N–H and O–H groups in total. The van der Waals surface area contributed by atoms with E-state index in [9.17, 15) is 4.79 Å². The van der Waals surface area contributed by atoms with Crippen LogP contribution in [0.2, 0.25) is 0 Å². The minimum atomic E-state index is -0.0919. The fourth-order valence-corrected chi connectivity index (χ4v) is 2.32. The van der Waals surface area contributed by atoms with Crippen LogP contribution in [-0.2, 0) is 0 Å². The molecule has 0 saturated carbocycles. The average molecular weight is 272 g/mol. The van der Waals surface area contributed by atoms with Crippen LogP contribution >= 0.6 is 0 Å². The quantitative estimate of drug-likeness (QED) is 0.841. The van der Waals surface area contributed by atoms with Gasteiger partial charge in [-0.15, -0.1) is 0 Å². The molecule has 1 aliphatic heterocycles. The first kappa shape index (κ1) is 14.3. The first-order valence-electron chi connectivity index (χ1n) is 6.98. The Morgan fingerprint density at radius 3 is 2.75 bits per heavy atom. The zero-order chi connectivity index (χ0) is 14.5. The van der Waals surface area contributed by atoms with E-state index in [1.54, 1.807) is 18.1 Å². The highest BCUT2D eigenvalue weighted by Crippen LogP contribution is 2.18. The van der Waals surface area contributed by atoms with Crippen molar-refractivity contribution in [2.45, 2.75) is 32.2 Å².